The molecule has 10 nitrogen and oxygen atoms in total. The Morgan fingerprint density at radius 1 is 1.08 bits per heavy atom. The van der Waals surface area contributed by atoms with Crippen molar-refractivity contribution >= 4 is 48.3 Å². The SMILES string of the molecule is Cc1c(CN2CCC(Nc3ncnc4sc(CC(F)(F)F)cc34)CC2)ccc2c1cc(C#N)n2C[C@H](C)N1CCN(S(=O)(=O)CF)CC1. The molecule has 2 saturated heterocycles. The van der Waals surface area contributed by atoms with Gasteiger partial charge in [0.2, 0.25) is 16.0 Å². The van der Waals surface area contributed by atoms with Crippen molar-refractivity contribution in [3.05, 3.63) is 52.3 Å². The van der Waals surface area contributed by atoms with Crippen molar-refractivity contribution in [2.24, 2.45) is 0 Å². The molecule has 1 N–H and O–H groups in total. The van der Waals surface area contributed by atoms with Crippen LogP contribution < -0.4 is 5.32 Å². The molecule has 258 valence electrons. The first kappa shape index (κ1) is 34.5. The first-order valence-electron chi connectivity index (χ1n) is 15.9. The summed E-state index contributed by atoms with van der Waals surface area (Å²) in [6, 6.07) is 8.81. The Morgan fingerprint density at radius 2 is 1.81 bits per heavy atom. The first-order chi connectivity index (χ1) is 22.8. The van der Waals surface area contributed by atoms with Crippen LogP contribution in [0.2, 0.25) is 0 Å². The van der Waals surface area contributed by atoms with E-state index in [0.717, 1.165) is 60.3 Å². The fraction of sp³-hybridized carbons (Fsp3) is 0.531. The molecule has 0 spiro atoms. The maximum atomic E-state index is 12.9. The van der Waals surface area contributed by atoms with E-state index in [1.54, 1.807) is 6.07 Å². The molecule has 2 aliphatic rings. The van der Waals surface area contributed by atoms with Gasteiger partial charge in [-0.05, 0) is 56.0 Å². The lowest BCUT2D eigenvalue weighted by molar-refractivity contribution is -0.126. The minimum atomic E-state index is -4.27. The molecule has 2 fully saturated rings. The van der Waals surface area contributed by atoms with E-state index in [4.69, 9.17) is 0 Å². The van der Waals surface area contributed by atoms with Crippen molar-refractivity contribution in [2.75, 3.05) is 50.6 Å². The number of halogens is 4. The van der Waals surface area contributed by atoms with E-state index in [-0.39, 0.29) is 30.1 Å². The van der Waals surface area contributed by atoms with Gasteiger partial charge in [0.25, 0.3) is 0 Å². The van der Waals surface area contributed by atoms with E-state index < -0.39 is 28.6 Å². The number of nitrogens with zero attached hydrogens (tertiary/aromatic N) is 7. The number of alkyl halides is 4. The molecule has 1 aromatic carbocycles. The van der Waals surface area contributed by atoms with Crippen LogP contribution in [0.1, 0.15) is 41.5 Å². The molecule has 0 unspecified atom stereocenters. The predicted molar refractivity (Wildman–Crippen MR) is 178 cm³/mol. The molecule has 6 rings (SSSR count). The average Bonchev–Trinajstić information content (AvgIpc) is 3.63. The average molecular weight is 707 g/mol. The van der Waals surface area contributed by atoms with Crippen molar-refractivity contribution in [3.8, 4) is 6.07 Å². The summed E-state index contributed by atoms with van der Waals surface area (Å²) in [4.78, 5) is 13.8. The van der Waals surface area contributed by atoms with Crippen molar-refractivity contribution < 1.29 is 26.0 Å². The molecule has 2 aliphatic heterocycles. The quantitative estimate of drug-likeness (QED) is 0.222. The van der Waals surface area contributed by atoms with Gasteiger partial charge in [-0.15, -0.1) is 11.3 Å². The number of hydrogen-bond donors (Lipinski definition) is 1. The molecule has 0 amide bonds. The maximum absolute atomic E-state index is 12.9. The summed E-state index contributed by atoms with van der Waals surface area (Å²) in [7, 11) is -3.85. The number of rotatable bonds is 10. The van der Waals surface area contributed by atoms with Gasteiger partial charge in [0.15, 0.2) is 0 Å². The van der Waals surface area contributed by atoms with Gasteiger partial charge < -0.3 is 9.88 Å². The summed E-state index contributed by atoms with van der Waals surface area (Å²) in [6.07, 6.45) is -2.15. The topological polar surface area (TPSA) is 110 Å². The molecule has 16 heteroatoms. The van der Waals surface area contributed by atoms with Crippen LogP contribution in [0.3, 0.4) is 0 Å². The van der Waals surface area contributed by atoms with Crippen LogP contribution >= 0.6 is 11.3 Å². The maximum Gasteiger partial charge on any atom is 0.393 e. The number of anilines is 1. The molecule has 0 bridgehead atoms. The molecule has 0 aliphatic carbocycles. The van der Waals surface area contributed by atoms with Crippen molar-refractivity contribution in [3.63, 3.8) is 0 Å². The lowest BCUT2D eigenvalue weighted by Crippen LogP contribution is -2.52. The number of aromatic nitrogens is 3. The highest BCUT2D eigenvalue weighted by atomic mass is 32.2. The van der Waals surface area contributed by atoms with E-state index in [1.807, 2.05) is 10.6 Å². The molecular weight excluding hydrogens is 669 g/mol. The van der Waals surface area contributed by atoms with E-state index >= 15 is 0 Å². The van der Waals surface area contributed by atoms with Gasteiger partial charge in [-0.2, -0.15) is 22.7 Å². The molecule has 4 aromatic rings. The van der Waals surface area contributed by atoms with E-state index in [9.17, 15) is 31.2 Å². The van der Waals surface area contributed by atoms with Gasteiger partial charge in [0.05, 0.1) is 11.8 Å². The Labute approximate surface area is 281 Å². The van der Waals surface area contributed by atoms with Crippen LogP contribution in [0.25, 0.3) is 21.1 Å². The molecule has 0 saturated carbocycles. The fourth-order valence-corrected chi connectivity index (χ4v) is 8.71. The number of nitrogens with one attached hydrogen (secondary N) is 1. The predicted octanol–water partition coefficient (Wildman–Crippen LogP) is 5.27. The van der Waals surface area contributed by atoms with Crippen molar-refractivity contribution in [1.82, 2.24) is 28.6 Å². The third-order valence-electron chi connectivity index (χ3n) is 9.53. The zero-order valence-corrected chi connectivity index (χ0v) is 28.4. The zero-order chi connectivity index (χ0) is 34.2. The summed E-state index contributed by atoms with van der Waals surface area (Å²) >= 11 is 1.05. The molecular formula is C32H38F4N8O2S2. The van der Waals surface area contributed by atoms with Gasteiger partial charge in [-0.3, -0.25) is 9.80 Å². The number of fused-ring (bicyclic) bond motifs is 2. The third-order valence-corrected chi connectivity index (χ3v) is 12.0. The van der Waals surface area contributed by atoms with E-state index in [0.29, 0.717) is 41.4 Å². The molecule has 48 heavy (non-hydrogen) atoms. The Morgan fingerprint density at radius 3 is 2.48 bits per heavy atom. The van der Waals surface area contributed by atoms with Gasteiger partial charge >= 0.3 is 6.18 Å². The van der Waals surface area contributed by atoms with Crippen LogP contribution in [0.5, 0.6) is 0 Å². The second-order valence-corrected chi connectivity index (χ2v) is 15.7. The monoisotopic (exact) mass is 706 g/mol. The first-order valence-corrected chi connectivity index (χ1v) is 18.4. The number of benzene rings is 1. The summed E-state index contributed by atoms with van der Waals surface area (Å²) in [5, 5.41) is 15.1. The normalized spacial score (nSPS) is 18.4. The number of likely N-dealkylation sites (tertiary alicyclic amines) is 1. The zero-order valence-electron chi connectivity index (χ0n) is 26.8. The largest absolute Gasteiger partial charge is 0.393 e. The lowest BCUT2D eigenvalue weighted by atomic mass is 10.0. The standard InChI is InChI=1S/C32H38F4N8O2S2/c1-21(42-9-11-43(12-10-42)48(45,46)19-33)17-44-25(16-37)13-27-22(2)23(3-4-29(27)44)18-41-7-5-24(6-8-41)40-30-28-14-26(15-32(34,35)36)47-31(28)39-20-38-30/h3-4,13-14,20-21,24H,5-12,15,17-19H2,1-2H3,(H,38,39,40)/t21-/m0/s1. The minimum absolute atomic E-state index is 0.0398. The summed E-state index contributed by atoms with van der Waals surface area (Å²) in [5.41, 5.74) is 3.85. The Balaban J connectivity index is 1.08. The van der Waals surface area contributed by atoms with Gasteiger partial charge in [-0.25, -0.2) is 22.8 Å². The van der Waals surface area contributed by atoms with Gasteiger partial charge in [-0.1, -0.05) is 6.07 Å². The third kappa shape index (κ3) is 7.45. The lowest BCUT2D eigenvalue weighted by Gasteiger charge is -2.37. The number of piperazine rings is 1. The number of aryl methyl sites for hydroxylation is 1. The Kier molecular flexibility index (Phi) is 9.97. The van der Waals surface area contributed by atoms with Gasteiger partial charge in [0.1, 0.15) is 28.7 Å². The highest BCUT2D eigenvalue weighted by Crippen LogP contribution is 2.33. The minimum Gasteiger partial charge on any atom is -0.367 e. The second-order valence-electron chi connectivity index (χ2n) is 12.7. The van der Waals surface area contributed by atoms with Crippen LogP contribution in [0.4, 0.5) is 23.4 Å². The number of sulfonamides is 1. The van der Waals surface area contributed by atoms with Gasteiger partial charge in [0, 0.05) is 80.2 Å². The van der Waals surface area contributed by atoms with Crippen LogP contribution in [-0.4, -0.2) is 101 Å². The number of nitriles is 1. The van der Waals surface area contributed by atoms with Crippen molar-refractivity contribution in [1.29, 1.82) is 5.26 Å². The Hall–Kier alpha value is -3.36. The number of hydrogen-bond acceptors (Lipinski definition) is 9. The summed E-state index contributed by atoms with van der Waals surface area (Å²) in [5.74, 6) is 0.573. The van der Waals surface area contributed by atoms with Crippen LogP contribution in [0, 0.1) is 18.3 Å². The molecule has 0 radical (unpaired) electrons. The molecule has 1 atom stereocenters. The number of piperidine rings is 1. The highest BCUT2D eigenvalue weighted by molar-refractivity contribution is 7.88. The summed E-state index contributed by atoms with van der Waals surface area (Å²) < 4.78 is 78.8. The highest BCUT2D eigenvalue weighted by Gasteiger charge is 2.31. The van der Waals surface area contributed by atoms with Crippen molar-refractivity contribution in [2.45, 2.75) is 64.5 Å². The number of thiophene rings is 1. The summed E-state index contributed by atoms with van der Waals surface area (Å²) in [6.45, 7) is 8.63. The van der Waals surface area contributed by atoms with E-state index in [1.165, 1.54) is 16.2 Å². The molecule has 5 heterocycles. The van der Waals surface area contributed by atoms with Crippen LogP contribution in [-0.2, 0) is 29.5 Å². The fourth-order valence-electron chi connectivity index (χ4n) is 6.83. The van der Waals surface area contributed by atoms with E-state index in [2.05, 4.69) is 57.1 Å². The van der Waals surface area contributed by atoms with Crippen LogP contribution in [0.15, 0.2) is 30.6 Å². The Bertz CT molecular complexity index is 1920. The second kappa shape index (κ2) is 13.9. The molecule has 3 aromatic heterocycles. The smallest absolute Gasteiger partial charge is 0.367 e.